The third-order valence-electron chi connectivity index (χ3n) is 3.10. The minimum absolute atomic E-state index is 0.00313. The fourth-order valence-corrected chi connectivity index (χ4v) is 3.32. The van der Waals surface area contributed by atoms with Gasteiger partial charge >= 0.3 is 0 Å². The van der Waals surface area contributed by atoms with E-state index in [4.69, 9.17) is 11.1 Å². The van der Waals surface area contributed by atoms with E-state index in [2.05, 4.69) is 4.98 Å². The van der Waals surface area contributed by atoms with Crippen LogP contribution < -0.4 is 5.73 Å². The average molecular weight is 298 g/mol. The Morgan fingerprint density at radius 1 is 1.50 bits per heavy atom. The molecule has 3 N–H and O–H groups in total. The van der Waals surface area contributed by atoms with Crippen LogP contribution in [0.4, 0.5) is 0 Å². The maximum absolute atomic E-state index is 12.3. The molecular formula is C13H22N4O2S. The largest absolute Gasteiger partial charge is 0.387 e. The second-order valence-corrected chi connectivity index (χ2v) is 6.78. The first-order chi connectivity index (χ1) is 9.36. The SMILES string of the molecule is CCN(CC(C)C(=N)N)S(=O)(=O)CCc1ccccn1. The number of hydrogen-bond acceptors (Lipinski definition) is 4. The van der Waals surface area contributed by atoms with E-state index in [1.54, 1.807) is 26.1 Å². The van der Waals surface area contributed by atoms with Crippen LogP contribution in [0.2, 0.25) is 0 Å². The summed E-state index contributed by atoms with van der Waals surface area (Å²) in [6.07, 6.45) is 2.03. The Balaban J connectivity index is 2.67. The van der Waals surface area contributed by atoms with Crippen LogP contribution in [0.3, 0.4) is 0 Å². The van der Waals surface area contributed by atoms with Crippen LogP contribution in [0.15, 0.2) is 24.4 Å². The van der Waals surface area contributed by atoms with E-state index in [0.717, 1.165) is 5.69 Å². The first-order valence-corrected chi connectivity index (χ1v) is 8.19. The summed E-state index contributed by atoms with van der Waals surface area (Å²) in [5, 5.41) is 7.36. The zero-order valence-corrected chi connectivity index (χ0v) is 12.7. The molecule has 1 unspecified atom stereocenters. The van der Waals surface area contributed by atoms with E-state index < -0.39 is 10.0 Å². The summed E-state index contributed by atoms with van der Waals surface area (Å²) >= 11 is 0. The van der Waals surface area contributed by atoms with Crippen LogP contribution in [0.5, 0.6) is 0 Å². The number of sulfonamides is 1. The zero-order valence-electron chi connectivity index (χ0n) is 11.9. The molecule has 0 aliphatic rings. The fraction of sp³-hybridized carbons (Fsp3) is 0.538. The van der Waals surface area contributed by atoms with Crippen molar-refractivity contribution in [2.24, 2.45) is 11.7 Å². The topological polar surface area (TPSA) is 100 Å². The van der Waals surface area contributed by atoms with E-state index in [9.17, 15) is 8.42 Å². The van der Waals surface area contributed by atoms with Gasteiger partial charge in [-0.3, -0.25) is 10.4 Å². The van der Waals surface area contributed by atoms with Crippen molar-refractivity contribution in [3.05, 3.63) is 30.1 Å². The highest BCUT2D eigenvalue weighted by Gasteiger charge is 2.23. The number of aromatic nitrogens is 1. The lowest BCUT2D eigenvalue weighted by molar-refractivity contribution is 0.403. The molecule has 0 fully saturated rings. The number of nitrogens with two attached hydrogens (primary N) is 1. The van der Waals surface area contributed by atoms with Crippen molar-refractivity contribution in [3.8, 4) is 0 Å². The highest BCUT2D eigenvalue weighted by Crippen LogP contribution is 2.08. The quantitative estimate of drug-likeness (QED) is 0.549. The van der Waals surface area contributed by atoms with Crippen molar-refractivity contribution in [1.29, 1.82) is 5.41 Å². The van der Waals surface area contributed by atoms with Gasteiger partial charge in [-0.15, -0.1) is 0 Å². The van der Waals surface area contributed by atoms with Gasteiger partial charge in [0.2, 0.25) is 10.0 Å². The molecule has 0 bridgehead atoms. The number of nitrogens with one attached hydrogen (secondary N) is 1. The van der Waals surface area contributed by atoms with Gasteiger partial charge in [0.05, 0.1) is 11.6 Å². The lowest BCUT2D eigenvalue weighted by atomic mass is 10.1. The van der Waals surface area contributed by atoms with Crippen molar-refractivity contribution in [1.82, 2.24) is 9.29 Å². The molecule has 7 heteroatoms. The standard InChI is InChI=1S/C13H22N4O2S/c1-3-17(10-11(2)13(14)15)20(18,19)9-7-12-6-4-5-8-16-12/h4-6,8,11H,3,7,9-10H2,1-2H3,(H3,14,15). The number of nitrogens with zero attached hydrogens (tertiary/aromatic N) is 2. The van der Waals surface area contributed by atoms with Gasteiger partial charge in [-0.05, 0) is 12.1 Å². The Bertz CT molecular complexity index is 531. The summed E-state index contributed by atoms with van der Waals surface area (Å²) in [4.78, 5) is 4.12. The van der Waals surface area contributed by atoms with E-state index >= 15 is 0 Å². The van der Waals surface area contributed by atoms with Gasteiger partial charge in [-0.2, -0.15) is 0 Å². The summed E-state index contributed by atoms with van der Waals surface area (Å²) in [6, 6.07) is 5.44. The summed E-state index contributed by atoms with van der Waals surface area (Å²) in [5.41, 5.74) is 6.16. The van der Waals surface area contributed by atoms with Crippen LogP contribution in [0.25, 0.3) is 0 Å². The van der Waals surface area contributed by atoms with Crippen LogP contribution in [0, 0.1) is 11.3 Å². The predicted octanol–water partition coefficient (Wildman–Crippen LogP) is 0.848. The molecule has 20 heavy (non-hydrogen) atoms. The fourth-order valence-electron chi connectivity index (χ4n) is 1.75. The van der Waals surface area contributed by atoms with Gasteiger partial charge in [0, 0.05) is 37.3 Å². The molecule has 0 aliphatic carbocycles. The molecule has 0 saturated carbocycles. The highest BCUT2D eigenvalue weighted by molar-refractivity contribution is 7.89. The average Bonchev–Trinajstić information content (AvgIpc) is 2.43. The third kappa shape index (κ3) is 4.90. The molecule has 1 aromatic rings. The molecule has 1 aromatic heterocycles. The molecular weight excluding hydrogens is 276 g/mol. The second-order valence-electron chi connectivity index (χ2n) is 4.69. The smallest absolute Gasteiger partial charge is 0.214 e. The Morgan fingerprint density at radius 3 is 2.70 bits per heavy atom. The van der Waals surface area contributed by atoms with E-state index in [1.807, 2.05) is 12.1 Å². The van der Waals surface area contributed by atoms with Crippen LogP contribution >= 0.6 is 0 Å². The highest BCUT2D eigenvalue weighted by atomic mass is 32.2. The molecule has 1 atom stereocenters. The lowest BCUT2D eigenvalue weighted by Crippen LogP contribution is -2.39. The molecule has 1 rings (SSSR count). The Kier molecular flexibility index (Phi) is 6.09. The van der Waals surface area contributed by atoms with Gasteiger partial charge < -0.3 is 5.73 Å². The minimum atomic E-state index is -3.36. The van der Waals surface area contributed by atoms with Crippen LogP contribution in [0.1, 0.15) is 19.5 Å². The maximum Gasteiger partial charge on any atom is 0.214 e. The molecule has 0 aliphatic heterocycles. The van der Waals surface area contributed by atoms with Crippen molar-refractivity contribution < 1.29 is 8.42 Å². The summed E-state index contributed by atoms with van der Waals surface area (Å²) < 4.78 is 25.9. The lowest BCUT2D eigenvalue weighted by Gasteiger charge is -2.23. The van der Waals surface area contributed by atoms with Crippen molar-refractivity contribution in [2.75, 3.05) is 18.8 Å². The zero-order chi connectivity index (χ0) is 15.2. The van der Waals surface area contributed by atoms with E-state index in [1.165, 1.54) is 4.31 Å². The van der Waals surface area contributed by atoms with Crippen molar-refractivity contribution in [2.45, 2.75) is 20.3 Å². The van der Waals surface area contributed by atoms with Gasteiger partial charge in [-0.1, -0.05) is 19.9 Å². The number of hydrogen-bond donors (Lipinski definition) is 2. The monoisotopic (exact) mass is 298 g/mol. The van der Waals surface area contributed by atoms with Crippen LogP contribution in [-0.2, 0) is 16.4 Å². The van der Waals surface area contributed by atoms with E-state index in [-0.39, 0.29) is 24.1 Å². The van der Waals surface area contributed by atoms with Crippen molar-refractivity contribution in [3.63, 3.8) is 0 Å². The Labute approximate surface area is 120 Å². The first-order valence-electron chi connectivity index (χ1n) is 6.58. The minimum Gasteiger partial charge on any atom is -0.387 e. The second kappa shape index (κ2) is 7.35. The molecule has 0 amide bonds. The summed E-state index contributed by atoms with van der Waals surface area (Å²) in [5.74, 6) is -0.259. The summed E-state index contributed by atoms with van der Waals surface area (Å²) in [7, 11) is -3.36. The third-order valence-corrected chi connectivity index (χ3v) is 5.01. The molecule has 6 nitrogen and oxygen atoms in total. The molecule has 112 valence electrons. The van der Waals surface area contributed by atoms with E-state index in [0.29, 0.717) is 13.0 Å². The predicted molar refractivity (Wildman–Crippen MR) is 80.1 cm³/mol. The van der Waals surface area contributed by atoms with Crippen molar-refractivity contribution >= 4 is 15.9 Å². The van der Waals surface area contributed by atoms with Gasteiger partial charge in [0.25, 0.3) is 0 Å². The normalized spacial score (nSPS) is 13.3. The van der Waals surface area contributed by atoms with Crippen LogP contribution in [-0.4, -0.2) is 42.4 Å². The molecule has 0 aromatic carbocycles. The van der Waals surface area contributed by atoms with Gasteiger partial charge in [-0.25, -0.2) is 12.7 Å². The molecule has 0 saturated heterocycles. The maximum atomic E-state index is 12.3. The number of aryl methyl sites for hydroxylation is 1. The number of amidine groups is 1. The first kappa shape index (κ1) is 16.6. The number of rotatable bonds is 8. The molecule has 0 spiro atoms. The van der Waals surface area contributed by atoms with Gasteiger partial charge in [0.15, 0.2) is 0 Å². The van der Waals surface area contributed by atoms with Gasteiger partial charge in [0.1, 0.15) is 0 Å². The Hall–Kier alpha value is -1.47. The molecule has 1 heterocycles. The Morgan fingerprint density at radius 2 is 2.20 bits per heavy atom. The molecule has 0 radical (unpaired) electrons. The summed E-state index contributed by atoms with van der Waals surface area (Å²) in [6.45, 7) is 4.16. The number of pyridine rings is 1.